The van der Waals surface area contributed by atoms with E-state index >= 15 is 0 Å². The molecule has 0 aliphatic carbocycles. The molecule has 3 aromatic heterocycles. The molecule has 0 amide bonds. The van der Waals surface area contributed by atoms with Gasteiger partial charge in [-0.05, 0) is 17.5 Å². The lowest BCUT2D eigenvalue weighted by atomic mass is 10.1. The Morgan fingerprint density at radius 3 is 2.80 bits per heavy atom. The predicted octanol–water partition coefficient (Wildman–Crippen LogP) is 0.574. The lowest BCUT2D eigenvalue weighted by Gasteiger charge is -2.16. The van der Waals surface area contributed by atoms with E-state index in [-0.39, 0.29) is 0 Å². The van der Waals surface area contributed by atoms with Crippen LogP contribution in [0.1, 0.15) is 11.9 Å². The van der Waals surface area contributed by atoms with Gasteiger partial charge in [0.15, 0.2) is 23.2 Å². The summed E-state index contributed by atoms with van der Waals surface area (Å²) in [4.78, 5) is 16.3. The molecule has 4 unspecified atom stereocenters. The highest BCUT2D eigenvalue weighted by molar-refractivity contribution is 5.83. The maximum atomic E-state index is 10.3. The number of aliphatic hydroxyl groups is 3. The molecule has 4 heterocycles. The number of H-pyrrole nitrogens is 1. The first-order valence-corrected chi connectivity index (χ1v) is 9.76. The molecule has 1 saturated heterocycles. The average Bonchev–Trinajstić information content (AvgIpc) is 3.44. The maximum Gasteiger partial charge on any atom is 0.167 e. The molecular formula is C20H22N6O4. The highest BCUT2D eigenvalue weighted by Crippen LogP contribution is 2.32. The summed E-state index contributed by atoms with van der Waals surface area (Å²) >= 11 is 0. The van der Waals surface area contributed by atoms with Crippen LogP contribution in [-0.2, 0) is 11.2 Å². The molecule has 10 heteroatoms. The summed E-state index contributed by atoms with van der Waals surface area (Å²) in [5.74, 6) is 0.571. The minimum Gasteiger partial charge on any atom is -0.394 e. The Bertz CT molecular complexity index is 1140. The molecule has 5 N–H and O–H groups in total. The van der Waals surface area contributed by atoms with Gasteiger partial charge in [0.25, 0.3) is 0 Å². The SMILES string of the molecule is OCC1OC(n2cnc3c(NCCc4cc5ccccc5[nH]4)ncnc32)C(O)C1O. The Balaban J connectivity index is 1.33. The van der Waals surface area contributed by atoms with Crippen LogP contribution in [0.5, 0.6) is 0 Å². The number of rotatable bonds is 6. The Hall–Kier alpha value is -3.05. The maximum absolute atomic E-state index is 10.3. The predicted molar refractivity (Wildman–Crippen MR) is 109 cm³/mol. The van der Waals surface area contributed by atoms with Crippen molar-refractivity contribution in [3.05, 3.63) is 48.7 Å². The van der Waals surface area contributed by atoms with Gasteiger partial charge < -0.3 is 30.4 Å². The van der Waals surface area contributed by atoms with Crippen molar-refractivity contribution in [2.24, 2.45) is 0 Å². The van der Waals surface area contributed by atoms with E-state index in [1.165, 1.54) is 18.0 Å². The molecule has 0 saturated carbocycles. The van der Waals surface area contributed by atoms with E-state index in [2.05, 4.69) is 37.4 Å². The van der Waals surface area contributed by atoms with Crippen LogP contribution < -0.4 is 5.32 Å². The second-order valence-corrected chi connectivity index (χ2v) is 7.33. The van der Waals surface area contributed by atoms with Crippen LogP contribution in [0, 0.1) is 0 Å². The quantitative estimate of drug-likeness (QED) is 0.311. The van der Waals surface area contributed by atoms with Gasteiger partial charge in [0, 0.05) is 24.2 Å². The van der Waals surface area contributed by atoms with E-state index in [9.17, 15) is 15.3 Å². The van der Waals surface area contributed by atoms with E-state index in [1.807, 2.05) is 18.2 Å². The van der Waals surface area contributed by atoms with Crippen molar-refractivity contribution in [3.63, 3.8) is 0 Å². The molecule has 0 bridgehead atoms. The summed E-state index contributed by atoms with van der Waals surface area (Å²) < 4.78 is 7.13. The molecule has 0 spiro atoms. The Labute approximate surface area is 171 Å². The number of aliphatic hydroxyl groups excluding tert-OH is 3. The van der Waals surface area contributed by atoms with Crippen molar-refractivity contribution in [2.45, 2.75) is 31.0 Å². The molecule has 0 radical (unpaired) electrons. The minimum atomic E-state index is -1.20. The van der Waals surface area contributed by atoms with Gasteiger partial charge in [-0.3, -0.25) is 4.57 Å². The van der Waals surface area contributed by atoms with E-state index < -0.39 is 31.1 Å². The molecule has 30 heavy (non-hydrogen) atoms. The lowest BCUT2D eigenvalue weighted by molar-refractivity contribution is -0.0511. The minimum absolute atomic E-state index is 0.392. The molecule has 1 aliphatic rings. The van der Waals surface area contributed by atoms with Gasteiger partial charge in [0.1, 0.15) is 24.6 Å². The number of aromatic amines is 1. The van der Waals surface area contributed by atoms with Crippen molar-refractivity contribution < 1.29 is 20.1 Å². The number of anilines is 1. The summed E-state index contributed by atoms with van der Waals surface area (Å²) in [6, 6.07) is 10.3. The molecule has 5 rings (SSSR count). The number of fused-ring (bicyclic) bond motifs is 2. The number of ether oxygens (including phenoxy) is 1. The number of para-hydroxylation sites is 1. The number of hydrogen-bond acceptors (Lipinski definition) is 8. The van der Waals surface area contributed by atoms with Gasteiger partial charge in [0.05, 0.1) is 12.9 Å². The second kappa shape index (κ2) is 7.65. The molecule has 4 aromatic rings. The zero-order chi connectivity index (χ0) is 20.7. The first-order valence-electron chi connectivity index (χ1n) is 9.76. The average molecular weight is 410 g/mol. The first-order chi connectivity index (χ1) is 14.7. The molecule has 1 aliphatic heterocycles. The summed E-state index contributed by atoms with van der Waals surface area (Å²) in [5.41, 5.74) is 3.22. The largest absolute Gasteiger partial charge is 0.394 e. The van der Waals surface area contributed by atoms with Gasteiger partial charge in [-0.25, -0.2) is 15.0 Å². The van der Waals surface area contributed by atoms with Crippen LogP contribution in [-0.4, -0.2) is 71.3 Å². The van der Waals surface area contributed by atoms with Crippen molar-refractivity contribution in [1.82, 2.24) is 24.5 Å². The van der Waals surface area contributed by atoms with Gasteiger partial charge in [-0.1, -0.05) is 18.2 Å². The highest BCUT2D eigenvalue weighted by atomic mass is 16.6. The number of hydrogen-bond donors (Lipinski definition) is 5. The van der Waals surface area contributed by atoms with Crippen molar-refractivity contribution in [3.8, 4) is 0 Å². The fourth-order valence-electron chi connectivity index (χ4n) is 3.86. The summed E-state index contributed by atoms with van der Waals surface area (Å²) in [6.07, 6.45) is -0.471. The molecular weight excluding hydrogens is 388 g/mol. The zero-order valence-electron chi connectivity index (χ0n) is 16.0. The summed E-state index contributed by atoms with van der Waals surface area (Å²) in [6.45, 7) is 0.247. The van der Waals surface area contributed by atoms with Crippen LogP contribution in [0.15, 0.2) is 43.0 Å². The number of aromatic nitrogens is 5. The number of imidazole rings is 1. The molecule has 10 nitrogen and oxygen atoms in total. The van der Waals surface area contributed by atoms with Crippen molar-refractivity contribution in [1.29, 1.82) is 0 Å². The van der Waals surface area contributed by atoms with Crippen molar-refractivity contribution >= 4 is 27.9 Å². The third-order valence-corrected chi connectivity index (χ3v) is 5.42. The summed E-state index contributed by atoms with van der Waals surface area (Å²) in [7, 11) is 0. The molecule has 4 atom stereocenters. The van der Waals surface area contributed by atoms with E-state index in [1.54, 1.807) is 4.57 Å². The molecule has 1 aromatic carbocycles. The highest BCUT2D eigenvalue weighted by Gasteiger charge is 2.44. The lowest BCUT2D eigenvalue weighted by Crippen LogP contribution is -2.33. The van der Waals surface area contributed by atoms with Crippen LogP contribution in [0.3, 0.4) is 0 Å². The van der Waals surface area contributed by atoms with E-state index in [0.717, 1.165) is 17.6 Å². The molecule has 1 fully saturated rings. The van der Waals surface area contributed by atoms with Crippen LogP contribution in [0.25, 0.3) is 22.1 Å². The van der Waals surface area contributed by atoms with Crippen LogP contribution in [0.2, 0.25) is 0 Å². The summed E-state index contributed by atoms with van der Waals surface area (Å²) in [5, 5.41) is 34.1. The third-order valence-electron chi connectivity index (χ3n) is 5.42. The monoisotopic (exact) mass is 410 g/mol. The number of nitrogens with zero attached hydrogens (tertiary/aromatic N) is 4. The Morgan fingerprint density at radius 2 is 2.00 bits per heavy atom. The standard InChI is InChI=1S/C20H22N6O4/c27-8-14-16(28)17(29)20(30-14)26-10-24-15-18(22-9-23-19(15)26)21-6-5-12-7-11-3-1-2-4-13(11)25-12/h1-4,7,9-10,14,16-17,20,25,27-29H,5-6,8H2,(H,21,22,23). The normalized spacial score (nSPS) is 24.1. The fourth-order valence-corrected chi connectivity index (χ4v) is 3.86. The third kappa shape index (κ3) is 3.19. The van der Waals surface area contributed by atoms with Gasteiger partial charge in [0.2, 0.25) is 0 Å². The second-order valence-electron chi connectivity index (χ2n) is 7.33. The van der Waals surface area contributed by atoms with Crippen LogP contribution >= 0.6 is 0 Å². The van der Waals surface area contributed by atoms with Crippen molar-refractivity contribution in [2.75, 3.05) is 18.5 Å². The first kappa shape index (κ1) is 18.9. The topological polar surface area (TPSA) is 141 Å². The fraction of sp³-hybridized carbons (Fsp3) is 0.350. The number of benzene rings is 1. The smallest absolute Gasteiger partial charge is 0.167 e. The van der Waals surface area contributed by atoms with E-state index in [4.69, 9.17) is 4.74 Å². The van der Waals surface area contributed by atoms with Crippen LogP contribution in [0.4, 0.5) is 5.82 Å². The Kier molecular flexibility index (Phi) is 4.83. The number of nitrogens with one attached hydrogen (secondary N) is 2. The zero-order valence-corrected chi connectivity index (χ0v) is 16.0. The van der Waals surface area contributed by atoms with E-state index in [0.29, 0.717) is 23.5 Å². The van der Waals surface area contributed by atoms with Gasteiger partial charge >= 0.3 is 0 Å². The molecule has 156 valence electrons. The van der Waals surface area contributed by atoms with Gasteiger partial charge in [-0.2, -0.15) is 0 Å². The van der Waals surface area contributed by atoms with Gasteiger partial charge in [-0.15, -0.1) is 0 Å². The Morgan fingerprint density at radius 1 is 1.13 bits per heavy atom.